The first-order chi connectivity index (χ1) is 7.72. The third kappa shape index (κ3) is 1.28. The molecule has 84 valence electrons. The number of piperidine rings is 1. The lowest BCUT2D eigenvalue weighted by Gasteiger charge is -2.31. The second-order valence-electron chi connectivity index (χ2n) is 4.48. The minimum absolute atomic E-state index is 0.131. The van der Waals surface area contributed by atoms with Gasteiger partial charge in [0, 0.05) is 10.7 Å². The largest absolute Gasteiger partial charge is 0.325 e. The maximum Gasteiger partial charge on any atom is 0.235 e. The van der Waals surface area contributed by atoms with E-state index < -0.39 is 0 Å². The number of rotatable bonds is 0. The van der Waals surface area contributed by atoms with E-state index in [9.17, 15) is 4.79 Å². The molecule has 3 nitrogen and oxygen atoms in total. The van der Waals surface area contributed by atoms with Crippen LogP contribution >= 0.6 is 11.6 Å². The van der Waals surface area contributed by atoms with Gasteiger partial charge in [-0.15, -0.1) is 0 Å². The van der Waals surface area contributed by atoms with Gasteiger partial charge >= 0.3 is 0 Å². The molecule has 0 aromatic heterocycles. The van der Waals surface area contributed by atoms with Crippen LogP contribution < -0.4 is 10.6 Å². The lowest BCUT2D eigenvalue weighted by Crippen LogP contribution is -2.44. The molecule has 3 rings (SSSR count). The highest BCUT2D eigenvalue weighted by molar-refractivity contribution is 6.31. The van der Waals surface area contributed by atoms with E-state index in [1.54, 1.807) is 0 Å². The van der Waals surface area contributed by atoms with E-state index >= 15 is 0 Å². The first-order valence-corrected chi connectivity index (χ1v) is 5.92. The number of fused-ring (bicyclic) bond motifs is 2. The average Bonchev–Trinajstić information content (AvgIpc) is 2.53. The first kappa shape index (κ1) is 10.1. The van der Waals surface area contributed by atoms with Crippen LogP contribution in [0.2, 0.25) is 5.02 Å². The molecule has 1 fully saturated rings. The second kappa shape index (κ2) is 3.47. The maximum absolute atomic E-state index is 12.1. The highest BCUT2D eigenvalue weighted by Gasteiger charge is 2.46. The van der Waals surface area contributed by atoms with Crippen molar-refractivity contribution in [2.45, 2.75) is 18.3 Å². The molecule has 0 atom stereocenters. The van der Waals surface area contributed by atoms with E-state index in [1.807, 2.05) is 18.2 Å². The Bertz CT molecular complexity index is 452. The summed E-state index contributed by atoms with van der Waals surface area (Å²) in [4.78, 5) is 12.1. The number of benzene rings is 1. The molecule has 2 aliphatic rings. The Labute approximate surface area is 99.2 Å². The van der Waals surface area contributed by atoms with Gasteiger partial charge in [-0.05, 0) is 43.6 Å². The van der Waals surface area contributed by atoms with Gasteiger partial charge in [-0.25, -0.2) is 0 Å². The molecule has 2 heterocycles. The van der Waals surface area contributed by atoms with Crippen molar-refractivity contribution in [2.75, 3.05) is 18.4 Å². The van der Waals surface area contributed by atoms with Crippen LogP contribution in [0.5, 0.6) is 0 Å². The van der Waals surface area contributed by atoms with E-state index in [1.165, 1.54) is 0 Å². The molecule has 2 aliphatic heterocycles. The number of hydrogen-bond acceptors (Lipinski definition) is 2. The van der Waals surface area contributed by atoms with Gasteiger partial charge in [-0.2, -0.15) is 0 Å². The monoisotopic (exact) mass is 236 g/mol. The number of amides is 1. The fourth-order valence-electron chi connectivity index (χ4n) is 2.75. The summed E-state index contributed by atoms with van der Waals surface area (Å²) >= 11 is 5.93. The predicted molar refractivity (Wildman–Crippen MR) is 63.9 cm³/mol. The maximum atomic E-state index is 12.1. The Morgan fingerprint density at radius 3 is 2.75 bits per heavy atom. The van der Waals surface area contributed by atoms with Crippen molar-refractivity contribution in [3.05, 3.63) is 28.8 Å². The molecule has 2 N–H and O–H groups in total. The van der Waals surface area contributed by atoms with Gasteiger partial charge in [-0.1, -0.05) is 17.7 Å². The second-order valence-corrected chi connectivity index (χ2v) is 4.91. The Morgan fingerprint density at radius 1 is 1.25 bits per heavy atom. The highest BCUT2D eigenvalue weighted by atomic mass is 35.5. The zero-order valence-corrected chi connectivity index (χ0v) is 9.60. The fourth-order valence-corrected chi connectivity index (χ4v) is 2.92. The summed E-state index contributed by atoms with van der Waals surface area (Å²) in [5.41, 5.74) is 1.69. The van der Waals surface area contributed by atoms with Crippen molar-refractivity contribution in [1.29, 1.82) is 0 Å². The van der Waals surface area contributed by atoms with Gasteiger partial charge in [-0.3, -0.25) is 4.79 Å². The van der Waals surface area contributed by atoms with Gasteiger partial charge in [0.25, 0.3) is 0 Å². The van der Waals surface area contributed by atoms with Crippen LogP contribution in [0.25, 0.3) is 0 Å². The van der Waals surface area contributed by atoms with Crippen LogP contribution in [0, 0.1) is 0 Å². The molecule has 0 bridgehead atoms. The van der Waals surface area contributed by atoms with E-state index in [-0.39, 0.29) is 11.3 Å². The number of nitrogens with one attached hydrogen (secondary N) is 2. The summed E-state index contributed by atoms with van der Waals surface area (Å²) in [5.74, 6) is 0.131. The van der Waals surface area contributed by atoms with Crippen molar-refractivity contribution in [3.63, 3.8) is 0 Å². The number of carbonyl (C=O) groups is 1. The number of carbonyl (C=O) groups excluding carboxylic acids is 1. The van der Waals surface area contributed by atoms with Gasteiger partial charge in [0.1, 0.15) is 0 Å². The van der Waals surface area contributed by atoms with Crippen molar-refractivity contribution >= 4 is 23.2 Å². The lowest BCUT2D eigenvalue weighted by atomic mass is 9.74. The normalized spacial score (nSPS) is 21.9. The molecule has 0 radical (unpaired) electrons. The van der Waals surface area contributed by atoms with E-state index in [0.717, 1.165) is 37.2 Å². The van der Waals surface area contributed by atoms with E-state index in [0.29, 0.717) is 5.02 Å². The summed E-state index contributed by atoms with van der Waals surface area (Å²) in [7, 11) is 0. The van der Waals surface area contributed by atoms with Crippen LogP contribution in [-0.2, 0) is 10.2 Å². The molecule has 0 saturated carbocycles. The fraction of sp³-hybridized carbons (Fsp3) is 0.417. The summed E-state index contributed by atoms with van der Waals surface area (Å²) in [5, 5.41) is 6.91. The Hall–Kier alpha value is -1.06. The topological polar surface area (TPSA) is 41.1 Å². The average molecular weight is 237 g/mol. The van der Waals surface area contributed by atoms with Gasteiger partial charge in [0.05, 0.1) is 5.41 Å². The number of hydrogen-bond donors (Lipinski definition) is 2. The minimum Gasteiger partial charge on any atom is -0.325 e. The summed E-state index contributed by atoms with van der Waals surface area (Å²) in [6.07, 6.45) is 1.74. The van der Waals surface area contributed by atoms with Crippen molar-refractivity contribution in [2.24, 2.45) is 0 Å². The minimum atomic E-state index is -0.314. The van der Waals surface area contributed by atoms with Gasteiger partial charge in [0.2, 0.25) is 5.91 Å². The summed E-state index contributed by atoms with van der Waals surface area (Å²) < 4.78 is 0. The molecule has 1 spiro atoms. The highest BCUT2D eigenvalue weighted by Crippen LogP contribution is 2.44. The van der Waals surface area contributed by atoms with Crippen LogP contribution in [-0.4, -0.2) is 19.0 Å². The number of anilines is 1. The molecule has 1 aromatic carbocycles. The molecule has 0 aliphatic carbocycles. The van der Waals surface area contributed by atoms with E-state index in [2.05, 4.69) is 10.6 Å². The SMILES string of the molecule is O=C1Nc2cc(Cl)ccc2C12CCNCC2. The molecular formula is C12H13ClN2O. The Kier molecular flexibility index (Phi) is 2.19. The molecule has 0 unspecified atom stereocenters. The van der Waals surface area contributed by atoms with Crippen LogP contribution in [0.4, 0.5) is 5.69 Å². The van der Waals surface area contributed by atoms with E-state index in [4.69, 9.17) is 11.6 Å². The quantitative estimate of drug-likeness (QED) is 0.723. The Morgan fingerprint density at radius 2 is 2.00 bits per heavy atom. The molecular weight excluding hydrogens is 224 g/mol. The molecule has 1 amide bonds. The van der Waals surface area contributed by atoms with Crippen LogP contribution in [0.15, 0.2) is 18.2 Å². The van der Waals surface area contributed by atoms with Gasteiger partial charge < -0.3 is 10.6 Å². The third-order valence-electron chi connectivity index (χ3n) is 3.64. The third-order valence-corrected chi connectivity index (χ3v) is 3.87. The Balaban J connectivity index is 2.11. The van der Waals surface area contributed by atoms with Crippen LogP contribution in [0.3, 0.4) is 0 Å². The standard InChI is InChI=1S/C12H13ClN2O/c13-8-1-2-9-10(7-8)15-11(16)12(9)3-5-14-6-4-12/h1-2,7,14H,3-6H2,(H,15,16). The lowest BCUT2D eigenvalue weighted by molar-refractivity contribution is -0.121. The van der Waals surface area contributed by atoms with Crippen molar-refractivity contribution < 1.29 is 4.79 Å². The zero-order valence-electron chi connectivity index (χ0n) is 8.85. The van der Waals surface area contributed by atoms with Gasteiger partial charge in [0.15, 0.2) is 0 Å². The summed E-state index contributed by atoms with van der Waals surface area (Å²) in [6, 6.07) is 5.69. The first-order valence-electron chi connectivity index (χ1n) is 5.55. The summed E-state index contributed by atoms with van der Waals surface area (Å²) in [6.45, 7) is 1.80. The molecule has 1 aromatic rings. The molecule has 1 saturated heterocycles. The van der Waals surface area contributed by atoms with Crippen LogP contribution in [0.1, 0.15) is 18.4 Å². The zero-order chi connectivity index (χ0) is 11.2. The van der Waals surface area contributed by atoms with Crippen molar-refractivity contribution in [3.8, 4) is 0 Å². The molecule has 4 heteroatoms. The van der Waals surface area contributed by atoms with Crippen molar-refractivity contribution in [1.82, 2.24) is 5.32 Å². The smallest absolute Gasteiger partial charge is 0.235 e. The molecule has 16 heavy (non-hydrogen) atoms. The number of halogens is 1. The predicted octanol–water partition coefficient (Wildman–Crippen LogP) is 1.91.